The molecule has 4 N–H and O–H groups in total. The van der Waals surface area contributed by atoms with Gasteiger partial charge in [-0.3, -0.25) is 33.7 Å². The minimum Gasteiger partial charge on any atom is -0.507 e. The number of methoxy groups -OCH3 is 1. The van der Waals surface area contributed by atoms with Crippen LogP contribution in [0.4, 0.5) is 0 Å². The number of fused-ring (bicyclic) bond motifs is 3. The highest BCUT2D eigenvalue weighted by molar-refractivity contribution is 6.32. The Balaban J connectivity index is 1.59. The largest absolute Gasteiger partial charge is 0.507 e. The monoisotopic (exact) mass is 576 g/mol. The number of hydrogen-bond donors (Lipinski definition) is 3. The van der Waals surface area contributed by atoms with Crippen LogP contribution >= 0.6 is 0 Å². The Kier molecular flexibility index (Phi) is 7.14. The first-order chi connectivity index (χ1) is 19.7. The van der Waals surface area contributed by atoms with Gasteiger partial charge in [0.2, 0.25) is 5.91 Å². The predicted molar refractivity (Wildman–Crippen MR) is 147 cm³/mol. The van der Waals surface area contributed by atoms with Crippen molar-refractivity contribution in [3.05, 3.63) is 53.1 Å². The first-order valence-corrected chi connectivity index (χ1v) is 13.6. The van der Waals surface area contributed by atoms with E-state index in [1.165, 1.54) is 32.2 Å². The van der Waals surface area contributed by atoms with E-state index in [0.717, 1.165) is 5.56 Å². The topological polar surface area (TPSA) is 181 Å². The third kappa shape index (κ3) is 4.10. The number of hydrogen-bond acceptors (Lipinski definition) is 10. The highest BCUT2D eigenvalue weighted by atomic mass is 16.5. The van der Waals surface area contributed by atoms with Crippen molar-refractivity contribution in [2.24, 2.45) is 29.4 Å². The molecule has 1 amide bonds. The van der Waals surface area contributed by atoms with Crippen LogP contribution in [0.5, 0.6) is 5.75 Å². The summed E-state index contributed by atoms with van der Waals surface area (Å²) in [6.07, 6.45) is 0.116. The Morgan fingerprint density at radius 1 is 1.05 bits per heavy atom. The fourth-order valence-electron chi connectivity index (χ4n) is 7.14. The molecule has 0 heterocycles. The molecule has 0 saturated heterocycles. The lowest BCUT2D eigenvalue weighted by Crippen LogP contribution is -2.74. The van der Waals surface area contributed by atoms with Gasteiger partial charge in [-0.1, -0.05) is 30.3 Å². The van der Waals surface area contributed by atoms with E-state index in [2.05, 4.69) is 0 Å². The zero-order valence-electron chi connectivity index (χ0n) is 23.6. The number of aliphatic hydroxyl groups is 1. The Labute approximate surface area is 241 Å². The second-order valence-corrected chi connectivity index (χ2v) is 11.6. The van der Waals surface area contributed by atoms with Gasteiger partial charge in [0.1, 0.15) is 5.75 Å². The zero-order valence-corrected chi connectivity index (χ0v) is 23.6. The summed E-state index contributed by atoms with van der Waals surface area (Å²) in [6.45, 7) is 1.72. The van der Waals surface area contributed by atoms with Crippen LogP contribution in [-0.4, -0.2) is 83.0 Å². The van der Waals surface area contributed by atoms with Gasteiger partial charge < -0.3 is 20.7 Å². The lowest BCUT2D eigenvalue weighted by molar-refractivity contribution is -0.181. The summed E-state index contributed by atoms with van der Waals surface area (Å²) in [4.78, 5) is 80.0. The van der Waals surface area contributed by atoms with E-state index in [1.54, 1.807) is 37.3 Å². The summed E-state index contributed by atoms with van der Waals surface area (Å²) in [6, 6.07) is 8.95. The first-order valence-electron chi connectivity index (χ1n) is 13.6. The molecule has 2 fully saturated rings. The number of rotatable bonds is 5. The van der Waals surface area contributed by atoms with Crippen molar-refractivity contribution in [1.29, 1.82) is 0 Å². The summed E-state index contributed by atoms with van der Waals surface area (Å²) >= 11 is 0. The van der Waals surface area contributed by atoms with Crippen molar-refractivity contribution >= 4 is 35.0 Å². The summed E-state index contributed by atoms with van der Waals surface area (Å²) in [5.74, 6) is -11.8. The van der Waals surface area contributed by atoms with E-state index >= 15 is 0 Å². The molecule has 3 aliphatic rings. The van der Waals surface area contributed by atoms with E-state index < -0.39 is 70.3 Å². The molecule has 11 nitrogen and oxygen atoms in total. The minimum absolute atomic E-state index is 0.0332. The number of aromatic hydroxyl groups is 1. The predicted octanol–water partition coefficient (Wildman–Crippen LogP) is 0.811. The number of Topliss-reactive ketones (excluding diaryl/α,β-unsaturated/α-hetero) is 4. The highest BCUT2D eigenvalue weighted by Crippen LogP contribution is 2.51. The van der Waals surface area contributed by atoms with E-state index in [4.69, 9.17) is 10.5 Å². The van der Waals surface area contributed by atoms with Crippen molar-refractivity contribution in [2.75, 3.05) is 21.2 Å². The summed E-state index contributed by atoms with van der Waals surface area (Å²) < 4.78 is 4.82. The molecule has 2 aromatic carbocycles. The second kappa shape index (κ2) is 10.2. The number of ether oxygens (including phenoxy) is 1. The molecule has 7 atom stereocenters. The number of ketones is 4. The van der Waals surface area contributed by atoms with Gasteiger partial charge >= 0.3 is 5.97 Å². The average molecular weight is 577 g/mol. The summed E-state index contributed by atoms with van der Waals surface area (Å²) in [7, 11) is 4.39. The van der Waals surface area contributed by atoms with Gasteiger partial charge in [-0.25, -0.2) is 0 Å². The zero-order chi connectivity index (χ0) is 30.8. The number of benzene rings is 2. The Bertz CT molecular complexity index is 1550. The number of phenols is 1. The Morgan fingerprint density at radius 2 is 1.69 bits per heavy atom. The quantitative estimate of drug-likeness (QED) is 0.340. The van der Waals surface area contributed by atoms with Crippen LogP contribution in [0.2, 0.25) is 0 Å². The molecule has 0 aliphatic heterocycles. The second-order valence-electron chi connectivity index (χ2n) is 11.6. The number of primary amides is 1. The van der Waals surface area contributed by atoms with Crippen LogP contribution in [0, 0.1) is 23.7 Å². The van der Waals surface area contributed by atoms with Crippen molar-refractivity contribution < 1.29 is 43.7 Å². The Morgan fingerprint density at radius 3 is 2.26 bits per heavy atom. The maximum Gasteiger partial charge on any atom is 0.312 e. The molecule has 0 bridgehead atoms. The molecule has 2 saturated carbocycles. The van der Waals surface area contributed by atoms with Gasteiger partial charge in [-0.15, -0.1) is 0 Å². The van der Waals surface area contributed by atoms with E-state index in [-0.39, 0.29) is 30.1 Å². The highest BCUT2D eigenvalue weighted by Gasteiger charge is 2.69. The van der Waals surface area contributed by atoms with Gasteiger partial charge in [0, 0.05) is 5.92 Å². The molecule has 11 heteroatoms. The fraction of sp³-hybridized carbons (Fsp3) is 0.419. The van der Waals surface area contributed by atoms with Crippen molar-refractivity contribution in [3.8, 4) is 16.9 Å². The molecule has 3 unspecified atom stereocenters. The number of esters is 1. The molecule has 3 aliphatic carbocycles. The first kappa shape index (κ1) is 29.3. The van der Waals surface area contributed by atoms with Crippen molar-refractivity contribution in [3.63, 3.8) is 0 Å². The van der Waals surface area contributed by atoms with Gasteiger partial charge in [0.25, 0.3) is 0 Å². The lowest BCUT2D eigenvalue weighted by Gasteiger charge is -2.52. The number of carbonyl (C=O) groups is 6. The fourth-order valence-corrected chi connectivity index (χ4v) is 7.14. The molecule has 0 spiro atoms. The number of amides is 1. The van der Waals surface area contributed by atoms with E-state index in [9.17, 15) is 39.0 Å². The number of nitrogens with two attached hydrogens (primary N) is 1. The van der Waals surface area contributed by atoms with Gasteiger partial charge in [0.15, 0.2) is 34.7 Å². The SMILES string of the molecule is COC(=O)C(C)c1ccc(-c2ccc(O)c3c2C[C@@H]2C[C@@H]4[C@@H](N(C)C)C(=O)C(C(N)=O)C(=O)[C@]4(O)C(=O)C2C3=O)cc1. The van der Waals surface area contributed by atoms with Crippen LogP contribution in [0.15, 0.2) is 36.4 Å². The minimum atomic E-state index is -2.77. The average Bonchev–Trinajstić information content (AvgIpc) is 2.94. The van der Waals surface area contributed by atoms with E-state index in [1.807, 2.05) is 0 Å². The molecular weight excluding hydrogens is 544 g/mol. The summed E-state index contributed by atoms with van der Waals surface area (Å²) in [5, 5.41) is 22.5. The standard InChI is InChI=1S/C31H32N2O9/c1-13(30(40)42-4)14-5-7-15(8-6-14)17-9-10-20(34)22-18(17)11-16-12-19-24(33(2)3)26(36)23(29(32)39)28(38)31(19,41)27(37)21(16)25(22)35/h5-10,13,16,19,21,23-24,34,41H,11-12H2,1-4H3,(H2,32,39)/t13?,16-,19-,21?,23?,24-,31-/m1/s1. The molecule has 220 valence electrons. The lowest BCUT2D eigenvalue weighted by atomic mass is 9.52. The van der Waals surface area contributed by atoms with Crippen LogP contribution in [0.3, 0.4) is 0 Å². The number of nitrogens with zero attached hydrogens (tertiary/aromatic N) is 1. The van der Waals surface area contributed by atoms with Gasteiger partial charge in [-0.2, -0.15) is 0 Å². The van der Waals surface area contributed by atoms with Crippen LogP contribution < -0.4 is 5.73 Å². The van der Waals surface area contributed by atoms with Crippen molar-refractivity contribution in [1.82, 2.24) is 4.90 Å². The molecule has 5 rings (SSSR count). The van der Waals surface area contributed by atoms with Crippen molar-refractivity contribution in [2.45, 2.75) is 37.3 Å². The number of phenolic OH excluding ortho intramolecular Hbond substituents is 1. The molecular formula is C31H32N2O9. The smallest absolute Gasteiger partial charge is 0.312 e. The molecule has 2 aromatic rings. The normalized spacial score (nSPS) is 29.4. The van der Waals surface area contributed by atoms with Crippen LogP contribution in [0.25, 0.3) is 11.1 Å². The number of likely N-dealkylation sites (N-methyl/N-ethyl adjacent to an activating group) is 1. The van der Waals surface area contributed by atoms with Crippen LogP contribution in [-0.2, 0) is 35.1 Å². The molecule has 0 radical (unpaired) electrons. The van der Waals surface area contributed by atoms with Gasteiger partial charge in [-0.05, 0) is 68.1 Å². The third-order valence-corrected chi connectivity index (χ3v) is 9.22. The van der Waals surface area contributed by atoms with E-state index in [0.29, 0.717) is 16.7 Å². The Hall–Kier alpha value is -4.22. The summed E-state index contributed by atoms with van der Waals surface area (Å²) in [5.41, 5.74) is 5.07. The molecule has 42 heavy (non-hydrogen) atoms. The van der Waals surface area contributed by atoms with Gasteiger partial charge in [0.05, 0.1) is 30.6 Å². The third-order valence-electron chi connectivity index (χ3n) is 9.22. The number of carbonyl (C=O) groups excluding carboxylic acids is 6. The maximum absolute atomic E-state index is 13.9. The molecule has 0 aromatic heterocycles. The van der Waals surface area contributed by atoms with Crippen LogP contribution in [0.1, 0.15) is 40.7 Å². The maximum atomic E-state index is 13.9.